The van der Waals surface area contributed by atoms with E-state index in [-0.39, 0.29) is 0 Å². The number of rotatable bonds is 3. The Bertz CT molecular complexity index is 506. The molecule has 0 spiro atoms. The van der Waals surface area contributed by atoms with Gasteiger partial charge in [0.2, 0.25) is 0 Å². The Morgan fingerprint density at radius 2 is 1.61 bits per heavy atom. The van der Waals surface area contributed by atoms with E-state index >= 15 is 0 Å². The molecule has 0 amide bonds. The maximum Gasteiger partial charge on any atom is 0.101 e. The zero-order valence-electron chi connectivity index (χ0n) is 11.1. The second kappa shape index (κ2) is 4.91. The minimum Gasteiger partial charge on any atom is -0.384 e. The Hall–Kier alpha value is -1.67. The van der Waals surface area contributed by atoms with E-state index in [0.29, 0.717) is 5.69 Å². The highest BCUT2D eigenvalue weighted by Crippen LogP contribution is 2.22. The van der Waals surface area contributed by atoms with Crippen molar-refractivity contribution in [1.29, 1.82) is 0 Å². The number of hydrogen-bond acceptors (Lipinski definition) is 2. The summed E-state index contributed by atoms with van der Waals surface area (Å²) in [5.41, 5.74) is 3.37. The number of aromatic nitrogens is 1. The van der Waals surface area contributed by atoms with Gasteiger partial charge in [-0.1, -0.05) is 37.3 Å². The van der Waals surface area contributed by atoms with E-state index in [0.717, 1.165) is 17.5 Å². The molecule has 0 saturated heterocycles. The standard InChI is InChI=1S/C16H19NO/c1-4-12-5-7-13(8-6-12)14-9-10-15(17-11-14)16(2,3)18/h5-11,18H,4H2,1-3H3. The van der Waals surface area contributed by atoms with Crippen LogP contribution in [0.1, 0.15) is 32.0 Å². The molecule has 1 N–H and O–H groups in total. The van der Waals surface area contributed by atoms with Crippen LogP contribution in [0.2, 0.25) is 0 Å². The summed E-state index contributed by atoms with van der Waals surface area (Å²) >= 11 is 0. The van der Waals surface area contributed by atoms with Crippen molar-refractivity contribution < 1.29 is 5.11 Å². The average molecular weight is 241 g/mol. The molecule has 2 rings (SSSR count). The molecule has 1 heterocycles. The molecule has 2 nitrogen and oxygen atoms in total. The summed E-state index contributed by atoms with van der Waals surface area (Å²) in [4.78, 5) is 4.32. The maximum atomic E-state index is 9.86. The first-order valence-electron chi connectivity index (χ1n) is 6.29. The van der Waals surface area contributed by atoms with Crippen molar-refractivity contribution in [3.63, 3.8) is 0 Å². The van der Waals surface area contributed by atoms with Crippen LogP contribution >= 0.6 is 0 Å². The fraction of sp³-hybridized carbons (Fsp3) is 0.312. The molecule has 0 aliphatic rings. The largest absolute Gasteiger partial charge is 0.384 e. The molecule has 0 fully saturated rings. The van der Waals surface area contributed by atoms with Crippen LogP contribution < -0.4 is 0 Å². The van der Waals surface area contributed by atoms with Crippen molar-refractivity contribution in [2.75, 3.05) is 0 Å². The SMILES string of the molecule is CCc1ccc(-c2ccc(C(C)(C)O)nc2)cc1. The molecule has 18 heavy (non-hydrogen) atoms. The summed E-state index contributed by atoms with van der Waals surface area (Å²) in [6.45, 7) is 5.63. The third-order valence-electron chi connectivity index (χ3n) is 3.09. The van der Waals surface area contributed by atoms with Crippen LogP contribution in [0.3, 0.4) is 0 Å². The van der Waals surface area contributed by atoms with Crippen LogP contribution in [-0.2, 0) is 12.0 Å². The highest BCUT2D eigenvalue weighted by atomic mass is 16.3. The molecule has 0 bridgehead atoms. The third kappa shape index (κ3) is 2.77. The molecular formula is C16H19NO. The summed E-state index contributed by atoms with van der Waals surface area (Å²) in [7, 11) is 0. The van der Waals surface area contributed by atoms with Crippen LogP contribution in [0.25, 0.3) is 11.1 Å². The van der Waals surface area contributed by atoms with Crippen molar-refractivity contribution in [2.24, 2.45) is 0 Å². The number of nitrogens with zero attached hydrogens (tertiary/aromatic N) is 1. The third-order valence-corrected chi connectivity index (χ3v) is 3.09. The van der Waals surface area contributed by atoms with Crippen molar-refractivity contribution in [3.8, 4) is 11.1 Å². The highest BCUT2D eigenvalue weighted by molar-refractivity contribution is 5.62. The Kier molecular flexibility index (Phi) is 3.48. The Morgan fingerprint density at radius 3 is 2.06 bits per heavy atom. The second-order valence-corrected chi connectivity index (χ2v) is 5.04. The zero-order valence-corrected chi connectivity index (χ0v) is 11.1. The highest BCUT2D eigenvalue weighted by Gasteiger charge is 2.17. The lowest BCUT2D eigenvalue weighted by atomic mass is 10.0. The predicted octanol–water partition coefficient (Wildman–Crippen LogP) is 3.54. The Morgan fingerprint density at radius 1 is 1.00 bits per heavy atom. The molecule has 0 atom stereocenters. The van der Waals surface area contributed by atoms with Crippen LogP contribution in [-0.4, -0.2) is 10.1 Å². The van der Waals surface area contributed by atoms with Crippen LogP contribution in [0.5, 0.6) is 0 Å². The van der Waals surface area contributed by atoms with E-state index in [4.69, 9.17) is 0 Å². The van der Waals surface area contributed by atoms with E-state index < -0.39 is 5.60 Å². The van der Waals surface area contributed by atoms with Gasteiger partial charge >= 0.3 is 0 Å². The smallest absolute Gasteiger partial charge is 0.101 e. The van der Waals surface area contributed by atoms with Crippen molar-refractivity contribution >= 4 is 0 Å². The minimum absolute atomic E-state index is 0.691. The molecule has 2 aromatic rings. The number of benzene rings is 1. The fourth-order valence-corrected chi connectivity index (χ4v) is 1.86. The van der Waals surface area contributed by atoms with Crippen molar-refractivity contribution in [1.82, 2.24) is 4.98 Å². The first-order chi connectivity index (χ1) is 8.50. The molecule has 94 valence electrons. The Balaban J connectivity index is 2.28. The first-order valence-corrected chi connectivity index (χ1v) is 6.29. The summed E-state index contributed by atoms with van der Waals surface area (Å²) in [5, 5.41) is 9.86. The van der Waals surface area contributed by atoms with Crippen molar-refractivity contribution in [2.45, 2.75) is 32.8 Å². The number of aliphatic hydroxyl groups is 1. The van der Waals surface area contributed by atoms with Crippen molar-refractivity contribution in [3.05, 3.63) is 53.9 Å². The van der Waals surface area contributed by atoms with Gasteiger partial charge in [0.1, 0.15) is 5.60 Å². The molecule has 0 radical (unpaired) electrons. The van der Waals surface area contributed by atoms with E-state index in [2.05, 4.69) is 36.2 Å². The molecule has 0 saturated carbocycles. The van der Waals surface area contributed by atoms with E-state index in [1.54, 1.807) is 13.8 Å². The molecule has 0 unspecified atom stereocenters. The topological polar surface area (TPSA) is 33.1 Å². The summed E-state index contributed by atoms with van der Waals surface area (Å²) in [6.07, 6.45) is 2.87. The molecule has 1 aromatic heterocycles. The van der Waals surface area contributed by atoms with Gasteiger partial charge < -0.3 is 5.11 Å². The molecule has 0 aliphatic heterocycles. The number of aryl methyl sites for hydroxylation is 1. The predicted molar refractivity (Wildman–Crippen MR) is 74.3 cm³/mol. The van der Waals surface area contributed by atoms with E-state index in [1.807, 2.05) is 18.3 Å². The zero-order chi connectivity index (χ0) is 13.2. The quantitative estimate of drug-likeness (QED) is 0.891. The number of pyridine rings is 1. The van der Waals surface area contributed by atoms with E-state index in [1.165, 1.54) is 5.56 Å². The molecule has 2 heteroatoms. The van der Waals surface area contributed by atoms with Gasteiger partial charge in [0, 0.05) is 11.8 Å². The summed E-state index contributed by atoms with van der Waals surface area (Å²) in [5.74, 6) is 0. The van der Waals surface area contributed by atoms with Crippen LogP contribution in [0.4, 0.5) is 0 Å². The maximum absolute atomic E-state index is 9.86. The molecular weight excluding hydrogens is 222 g/mol. The van der Waals surface area contributed by atoms with Gasteiger partial charge in [-0.3, -0.25) is 4.98 Å². The number of hydrogen-bond donors (Lipinski definition) is 1. The van der Waals surface area contributed by atoms with Gasteiger partial charge in [0.25, 0.3) is 0 Å². The Labute approximate surface area is 108 Å². The summed E-state index contributed by atoms with van der Waals surface area (Å²) < 4.78 is 0. The average Bonchev–Trinajstić information content (AvgIpc) is 2.38. The van der Waals surface area contributed by atoms with Gasteiger partial charge in [-0.2, -0.15) is 0 Å². The normalized spacial score (nSPS) is 11.6. The van der Waals surface area contributed by atoms with Gasteiger partial charge in [-0.15, -0.1) is 0 Å². The van der Waals surface area contributed by atoms with E-state index in [9.17, 15) is 5.11 Å². The van der Waals surface area contributed by atoms with Gasteiger partial charge in [-0.25, -0.2) is 0 Å². The molecule has 1 aromatic carbocycles. The van der Waals surface area contributed by atoms with Crippen LogP contribution in [0.15, 0.2) is 42.6 Å². The minimum atomic E-state index is -0.884. The fourth-order valence-electron chi connectivity index (χ4n) is 1.86. The van der Waals surface area contributed by atoms with Gasteiger partial charge in [0.05, 0.1) is 5.69 Å². The van der Waals surface area contributed by atoms with Gasteiger partial charge in [-0.05, 0) is 37.5 Å². The lowest BCUT2D eigenvalue weighted by Gasteiger charge is -2.16. The lowest BCUT2D eigenvalue weighted by molar-refractivity contribution is 0.0739. The second-order valence-electron chi connectivity index (χ2n) is 5.04. The van der Waals surface area contributed by atoms with Gasteiger partial charge in [0.15, 0.2) is 0 Å². The monoisotopic (exact) mass is 241 g/mol. The lowest BCUT2D eigenvalue weighted by Crippen LogP contribution is -2.17. The van der Waals surface area contributed by atoms with Crippen LogP contribution in [0, 0.1) is 0 Å². The summed E-state index contributed by atoms with van der Waals surface area (Å²) in [6, 6.07) is 12.4. The molecule has 0 aliphatic carbocycles. The first kappa shape index (κ1) is 12.8.